The minimum absolute atomic E-state index is 0.238. The van der Waals surface area contributed by atoms with Crippen LogP contribution in [0.2, 0.25) is 0 Å². The molecule has 78 valence electrons. The Hall–Kier alpha value is -0.930. The zero-order valence-corrected chi connectivity index (χ0v) is 10.2. The van der Waals surface area contributed by atoms with Crippen LogP contribution >= 0.6 is 22.7 Å². The molecule has 0 atom stereocenters. The van der Waals surface area contributed by atoms with Crippen molar-refractivity contribution in [2.45, 2.75) is 19.8 Å². The van der Waals surface area contributed by atoms with Crippen molar-refractivity contribution in [1.29, 1.82) is 0 Å². The molecule has 0 aromatic carbocycles. The Balaban J connectivity index is 2.08. The van der Waals surface area contributed by atoms with Gasteiger partial charge >= 0.3 is 0 Å². The second-order valence-corrected chi connectivity index (χ2v) is 5.50. The highest BCUT2D eigenvalue weighted by Crippen LogP contribution is 2.20. The molecule has 0 spiro atoms. The topological polar surface area (TPSA) is 17.1 Å². The monoisotopic (exact) mass is 236 g/mol. The van der Waals surface area contributed by atoms with Crippen molar-refractivity contribution in [2.75, 3.05) is 0 Å². The van der Waals surface area contributed by atoms with Crippen molar-refractivity contribution < 1.29 is 4.79 Å². The van der Waals surface area contributed by atoms with E-state index in [1.807, 2.05) is 29.6 Å². The van der Waals surface area contributed by atoms with E-state index in [-0.39, 0.29) is 5.78 Å². The third kappa shape index (κ3) is 2.55. The van der Waals surface area contributed by atoms with Gasteiger partial charge in [0.1, 0.15) is 0 Å². The summed E-state index contributed by atoms with van der Waals surface area (Å²) in [7, 11) is 0. The molecule has 0 aliphatic heterocycles. The van der Waals surface area contributed by atoms with E-state index in [0.717, 1.165) is 16.2 Å². The fraction of sp³-hybridized carbons (Fsp3) is 0.250. The van der Waals surface area contributed by atoms with Crippen molar-refractivity contribution in [1.82, 2.24) is 0 Å². The van der Waals surface area contributed by atoms with Crippen molar-refractivity contribution in [2.24, 2.45) is 0 Å². The van der Waals surface area contributed by atoms with Gasteiger partial charge in [0.2, 0.25) is 0 Å². The lowest BCUT2D eigenvalue weighted by Crippen LogP contribution is -1.98. The average molecular weight is 236 g/mol. The number of rotatable bonds is 4. The van der Waals surface area contributed by atoms with Crippen LogP contribution in [0.4, 0.5) is 0 Å². The summed E-state index contributed by atoms with van der Waals surface area (Å²) in [4.78, 5) is 15.2. The molecule has 0 aliphatic rings. The molecule has 0 aliphatic carbocycles. The summed E-state index contributed by atoms with van der Waals surface area (Å²) >= 11 is 3.26. The Labute approximate surface area is 97.4 Å². The van der Waals surface area contributed by atoms with Crippen LogP contribution in [0.3, 0.4) is 0 Å². The lowest BCUT2D eigenvalue weighted by atomic mass is 10.2. The molecule has 0 saturated carbocycles. The number of thiophene rings is 2. The van der Waals surface area contributed by atoms with E-state index in [2.05, 4.69) is 6.92 Å². The molecule has 0 bridgehead atoms. The van der Waals surface area contributed by atoms with Gasteiger partial charge in [-0.05, 0) is 30.0 Å². The van der Waals surface area contributed by atoms with Crippen LogP contribution in [0.5, 0.6) is 0 Å². The van der Waals surface area contributed by atoms with Gasteiger partial charge in [0.25, 0.3) is 0 Å². The van der Waals surface area contributed by atoms with Gasteiger partial charge in [0.05, 0.1) is 4.88 Å². The minimum atomic E-state index is 0.238. The molecular weight excluding hydrogens is 224 g/mol. The lowest BCUT2D eigenvalue weighted by Gasteiger charge is -1.94. The number of ketones is 1. The van der Waals surface area contributed by atoms with Crippen molar-refractivity contribution in [3.8, 4) is 0 Å². The highest BCUT2D eigenvalue weighted by Gasteiger charge is 2.09. The maximum Gasteiger partial charge on any atom is 0.177 e. The van der Waals surface area contributed by atoms with E-state index < -0.39 is 0 Å². The van der Waals surface area contributed by atoms with Gasteiger partial charge in [0.15, 0.2) is 5.78 Å². The van der Waals surface area contributed by atoms with Crippen LogP contribution < -0.4 is 0 Å². The first-order chi connectivity index (χ1) is 7.29. The van der Waals surface area contributed by atoms with Gasteiger partial charge in [-0.3, -0.25) is 4.79 Å². The first-order valence-corrected chi connectivity index (χ1v) is 6.63. The van der Waals surface area contributed by atoms with E-state index in [0.29, 0.717) is 6.42 Å². The molecule has 0 unspecified atom stereocenters. The van der Waals surface area contributed by atoms with Crippen LogP contribution in [-0.2, 0) is 12.8 Å². The van der Waals surface area contributed by atoms with E-state index in [4.69, 9.17) is 0 Å². The molecule has 0 radical (unpaired) electrons. The Kier molecular flexibility index (Phi) is 3.34. The number of Topliss-reactive ketones (excluding diaryl/α,β-unsaturated/α-hetero) is 1. The molecule has 2 aromatic heterocycles. The zero-order chi connectivity index (χ0) is 10.7. The molecule has 2 aromatic rings. The number of aryl methyl sites for hydroxylation is 1. The Morgan fingerprint density at radius 3 is 2.73 bits per heavy atom. The number of carbonyl (C=O) groups excluding carboxylic acids is 1. The van der Waals surface area contributed by atoms with Gasteiger partial charge in [-0.25, -0.2) is 0 Å². The second kappa shape index (κ2) is 4.73. The summed E-state index contributed by atoms with van der Waals surface area (Å²) in [5.41, 5.74) is 0. The summed E-state index contributed by atoms with van der Waals surface area (Å²) in [5.74, 6) is 0.238. The van der Waals surface area contributed by atoms with Crippen LogP contribution in [-0.4, -0.2) is 5.78 Å². The highest BCUT2D eigenvalue weighted by molar-refractivity contribution is 7.14. The molecule has 2 rings (SSSR count). The molecule has 0 saturated heterocycles. The Morgan fingerprint density at radius 1 is 1.27 bits per heavy atom. The summed E-state index contributed by atoms with van der Waals surface area (Å²) < 4.78 is 0. The third-order valence-electron chi connectivity index (χ3n) is 2.20. The Morgan fingerprint density at radius 2 is 2.13 bits per heavy atom. The predicted molar refractivity (Wildman–Crippen MR) is 66.1 cm³/mol. The lowest BCUT2D eigenvalue weighted by molar-refractivity contribution is 0.0997. The predicted octanol–water partition coefficient (Wildman–Crippen LogP) is 3.80. The van der Waals surface area contributed by atoms with Gasteiger partial charge in [-0.1, -0.05) is 13.0 Å². The van der Waals surface area contributed by atoms with Crippen LogP contribution in [0.1, 0.15) is 26.3 Å². The van der Waals surface area contributed by atoms with Crippen molar-refractivity contribution >= 4 is 28.5 Å². The number of carbonyl (C=O) groups is 1. The fourth-order valence-electron chi connectivity index (χ4n) is 1.38. The average Bonchev–Trinajstić information content (AvgIpc) is 2.86. The molecule has 15 heavy (non-hydrogen) atoms. The second-order valence-electron chi connectivity index (χ2n) is 3.30. The van der Waals surface area contributed by atoms with Crippen LogP contribution in [0.25, 0.3) is 0 Å². The summed E-state index contributed by atoms with van der Waals surface area (Å²) in [6.07, 6.45) is 1.55. The number of hydrogen-bond acceptors (Lipinski definition) is 3. The normalized spacial score (nSPS) is 10.5. The summed E-state index contributed by atoms with van der Waals surface area (Å²) in [6, 6.07) is 7.99. The first kappa shape index (κ1) is 10.6. The van der Waals surface area contributed by atoms with E-state index >= 15 is 0 Å². The fourth-order valence-corrected chi connectivity index (χ4v) is 2.96. The first-order valence-electron chi connectivity index (χ1n) is 4.94. The molecular formula is C12H12OS2. The summed E-state index contributed by atoms with van der Waals surface area (Å²) in [5, 5.41) is 2.01. The quantitative estimate of drug-likeness (QED) is 0.738. The molecule has 1 nitrogen and oxygen atoms in total. The van der Waals surface area contributed by atoms with E-state index in [1.54, 1.807) is 22.7 Å². The zero-order valence-electron chi connectivity index (χ0n) is 8.53. The molecule has 0 fully saturated rings. The smallest absolute Gasteiger partial charge is 0.177 e. The van der Waals surface area contributed by atoms with E-state index in [9.17, 15) is 4.79 Å². The van der Waals surface area contributed by atoms with Gasteiger partial charge in [0, 0.05) is 16.2 Å². The molecule has 0 N–H and O–H groups in total. The molecule has 2 heterocycles. The van der Waals surface area contributed by atoms with Gasteiger partial charge in [-0.2, -0.15) is 0 Å². The highest BCUT2D eigenvalue weighted by atomic mass is 32.1. The molecule has 3 heteroatoms. The maximum absolute atomic E-state index is 11.9. The SMILES string of the molecule is CCc1ccc(C(=O)Cc2cccs2)s1. The van der Waals surface area contributed by atoms with E-state index in [1.165, 1.54) is 4.88 Å². The minimum Gasteiger partial charge on any atom is -0.293 e. The van der Waals surface area contributed by atoms with Crippen molar-refractivity contribution in [3.05, 3.63) is 44.3 Å². The largest absolute Gasteiger partial charge is 0.293 e. The third-order valence-corrected chi connectivity index (χ3v) is 4.35. The van der Waals surface area contributed by atoms with Crippen molar-refractivity contribution in [3.63, 3.8) is 0 Å². The van der Waals surface area contributed by atoms with Gasteiger partial charge < -0.3 is 0 Å². The van der Waals surface area contributed by atoms with Crippen LogP contribution in [0.15, 0.2) is 29.6 Å². The number of hydrogen-bond donors (Lipinski definition) is 0. The summed E-state index contributed by atoms with van der Waals surface area (Å²) in [6.45, 7) is 2.11. The molecule has 0 amide bonds. The Bertz CT molecular complexity index is 440. The maximum atomic E-state index is 11.9. The van der Waals surface area contributed by atoms with Crippen LogP contribution in [0, 0.1) is 0 Å². The standard InChI is InChI=1S/C12H12OS2/c1-2-9-5-6-12(15-9)11(13)8-10-4-3-7-14-10/h3-7H,2,8H2,1H3. The van der Waals surface area contributed by atoms with Gasteiger partial charge in [-0.15, -0.1) is 22.7 Å².